The summed E-state index contributed by atoms with van der Waals surface area (Å²) in [5.41, 5.74) is -2.03. The van der Waals surface area contributed by atoms with E-state index in [9.17, 15) is 18.0 Å². The number of ether oxygens (including phenoxy) is 1. The molecule has 0 fully saturated rings. The Morgan fingerprint density at radius 2 is 1.84 bits per heavy atom. The predicted molar refractivity (Wildman–Crippen MR) is 59.8 cm³/mol. The van der Waals surface area contributed by atoms with Crippen molar-refractivity contribution in [1.82, 2.24) is 0 Å². The van der Waals surface area contributed by atoms with Crippen molar-refractivity contribution >= 4 is 17.6 Å². The van der Waals surface area contributed by atoms with Crippen LogP contribution in [0.15, 0.2) is 0 Å². The van der Waals surface area contributed by atoms with Crippen molar-refractivity contribution < 1.29 is 22.7 Å². The van der Waals surface area contributed by atoms with Crippen LogP contribution < -0.4 is 0 Å². The van der Waals surface area contributed by atoms with Gasteiger partial charge >= 0.3 is 12.1 Å². The van der Waals surface area contributed by atoms with E-state index in [1.54, 1.807) is 0 Å². The van der Waals surface area contributed by atoms with E-state index in [0.29, 0.717) is 0 Å². The van der Waals surface area contributed by atoms with E-state index in [0.717, 1.165) is 0 Å². The first-order chi connectivity index (χ1) is 8.68. The van der Waals surface area contributed by atoms with E-state index in [4.69, 9.17) is 26.9 Å². The van der Waals surface area contributed by atoms with Gasteiger partial charge in [-0.2, -0.15) is 23.7 Å². The number of carbonyl (C=O) groups is 1. The molecule has 1 unspecified atom stereocenters. The van der Waals surface area contributed by atoms with Gasteiger partial charge in [0.2, 0.25) is 0 Å². The maximum absolute atomic E-state index is 12.1. The number of carbonyl (C=O) groups excluding carboxylic acids is 1. The van der Waals surface area contributed by atoms with Gasteiger partial charge < -0.3 is 4.74 Å². The Labute approximate surface area is 113 Å². The van der Waals surface area contributed by atoms with Crippen LogP contribution in [0.1, 0.15) is 26.2 Å². The van der Waals surface area contributed by atoms with E-state index in [1.165, 1.54) is 19.1 Å². The third-order valence-electron chi connectivity index (χ3n) is 2.26. The summed E-state index contributed by atoms with van der Waals surface area (Å²) in [6, 6.07) is 2.93. The van der Waals surface area contributed by atoms with E-state index < -0.39 is 42.9 Å². The SMILES string of the molecule is CC(CCl)OC(=O)CC(C#N)(C#N)CCC(F)(F)F. The molecule has 8 heteroatoms. The van der Waals surface area contributed by atoms with Crippen molar-refractivity contribution in [3.63, 3.8) is 0 Å². The largest absolute Gasteiger partial charge is 0.461 e. The zero-order chi connectivity index (χ0) is 15.1. The first-order valence-electron chi connectivity index (χ1n) is 5.33. The van der Waals surface area contributed by atoms with Gasteiger partial charge in [-0.25, -0.2) is 0 Å². The minimum Gasteiger partial charge on any atom is -0.461 e. The predicted octanol–water partition coefficient (Wildman–Crippen LogP) is 2.92. The highest BCUT2D eigenvalue weighted by Gasteiger charge is 2.39. The van der Waals surface area contributed by atoms with Crippen LogP contribution in [-0.4, -0.2) is 24.1 Å². The average Bonchev–Trinajstić information content (AvgIpc) is 2.33. The van der Waals surface area contributed by atoms with Crippen molar-refractivity contribution in [2.75, 3.05) is 5.88 Å². The molecule has 0 saturated heterocycles. The number of nitriles is 2. The number of nitrogens with zero attached hydrogens (tertiary/aromatic N) is 2. The normalized spacial score (nSPS) is 13.2. The third-order valence-corrected chi connectivity index (χ3v) is 2.69. The van der Waals surface area contributed by atoms with E-state index in [1.807, 2.05) is 0 Å². The van der Waals surface area contributed by atoms with Crippen molar-refractivity contribution in [1.29, 1.82) is 10.5 Å². The Morgan fingerprint density at radius 1 is 1.32 bits per heavy atom. The van der Waals surface area contributed by atoms with Crippen LogP contribution in [0.3, 0.4) is 0 Å². The van der Waals surface area contributed by atoms with Gasteiger partial charge in [0.15, 0.2) is 5.41 Å². The Hall–Kier alpha value is -1.47. The molecule has 0 aromatic heterocycles. The lowest BCUT2D eigenvalue weighted by Crippen LogP contribution is -2.27. The Kier molecular flexibility index (Phi) is 6.64. The molecular weight excluding hydrogens is 285 g/mol. The maximum atomic E-state index is 12.1. The molecule has 0 saturated carbocycles. The first kappa shape index (κ1) is 17.5. The second kappa shape index (κ2) is 7.20. The van der Waals surface area contributed by atoms with Gasteiger partial charge in [-0.05, 0) is 13.3 Å². The lowest BCUT2D eigenvalue weighted by Gasteiger charge is -2.19. The molecule has 4 nitrogen and oxygen atoms in total. The molecular formula is C11H12ClF3N2O2. The highest BCUT2D eigenvalue weighted by Crippen LogP contribution is 2.33. The molecule has 0 aliphatic heterocycles. The monoisotopic (exact) mass is 296 g/mol. The summed E-state index contributed by atoms with van der Waals surface area (Å²) in [4.78, 5) is 11.4. The van der Waals surface area contributed by atoms with Gasteiger partial charge in [-0.1, -0.05) is 0 Å². The van der Waals surface area contributed by atoms with Gasteiger partial charge in [-0.3, -0.25) is 4.79 Å². The zero-order valence-corrected chi connectivity index (χ0v) is 10.9. The van der Waals surface area contributed by atoms with Crippen LogP contribution in [0, 0.1) is 28.1 Å². The molecule has 0 amide bonds. The topological polar surface area (TPSA) is 73.9 Å². The van der Waals surface area contributed by atoms with Crippen LogP contribution in [0.5, 0.6) is 0 Å². The molecule has 0 aliphatic rings. The summed E-state index contributed by atoms with van der Waals surface area (Å²) in [7, 11) is 0. The van der Waals surface area contributed by atoms with Gasteiger partial charge in [0.1, 0.15) is 6.10 Å². The molecule has 0 aromatic rings. The smallest absolute Gasteiger partial charge is 0.389 e. The van der Waals surface area contributed by atoms with Gasteiger partial charge in [0, 0.05) is 6.42 Å². The fraction of sp³-hybridized carbons (Fsp3) is 0.727. The fourth-order valence-corrected chi connectivity index (χ4v) is 1.27. The molecule has 0 aliphatic carbocycles. The lowest BCUT2D eigenvalue weighted by atomic mass is 9.83. The summed E-state index contributed by atoms with van der Waals surface area (Å²) in [6.07, 6.45) is -7.92. The molecule has 1 atom stereocenters. The van der Waals surface area contributed by atoms with E-state index in [-0.39, 0.29) is 5.88 Å². The molecule has 0 aromatic carbocycles. The van der Waals surface area contributed by atoms with Crippen LogP contribution in [0.2, 0.25) is 0 Å². The van der Waals surface area contributed by atoms with Gasteiger partial charge in [-0.15, -0.1) is 11.6 Å². The number of rotatable bonds is 6. The molecule has 0 rings (SSSR count). The summed E-state index contributed by atoms with van der Waals surface area (Å²) >= 11 is 5.40. The molecule has 0 heterocycles. The van der Waals surface area contributed by atoms with Gasteiger partial charge in [0.05, 0.1) is 24.4 Å². The number of hydrogen-bond donors (Lipinski definition) is 0. The van der Waals surface area contributed by atoms with Crippen LogP contribution >= 0.6 is 11.6 Å². The summed E-state index contributed by atoms with van der Waals surface area (Å²) in [5.74, 6) is -0.904. The summed E-state index contributed by atoms with van der Waals surface area (Å²) in [6.45, 7) is 1.49. The van der Waals surface area contributed by atoms with Crippen molar-refractivity contribution in [3.05, 3.63) is 0 Å². The molecule has 0 bridgehead atoms. The second-order valence-corrected chi connectivity index (χ2v) is 4.36. The lowest BCUT2D eigenvalue weighted by molar-refractivity contribution is -0.151. The second-order valence-electron chi connectivity index (χ2n) is 4.05. The minimum atomic E-state index is -4.49. The number of hydrogen-bond acceptors (Lipinski definition) is 4. The molecule has 0 N–H and O–H groups in total. The number of alkyl halides is 4. The summed E-state index contributed by atoms with van der Waals surface area (Å²) < 4.78 is 41.1. The van der Waals surface area contributed by atoms with Crippen molar-refractivity contribution in [2.24, 2.45) is 5.41 Å². The van der Waals surface area contributed by atoms with E-state index >= 15 is 0 Å². The van der Waals surface area contributed by atoms with Crippen LogP contribution in [-0.2, 0) is 9.53 Å². The first-order valence-corrected chi connectivity index (χ1v) is 5.86. The average molecular weight is 297 g/mol. The number of esters is 1. The van der Waals surface area contributed by atoms with Crippen molar-refractivity contribution in [2.45, 2.75) is 38.5 Å². The quantitative estimate of drug-likeness (QED) is 0.558. The Bertz CT molecular complexity index is 384. The molecule has 106 valence electrons. The fourth-order valence-electron chi connectivity index (χ4n) is 1.20. The molecule has 19 heavy (non-hydrogen) atoms. The standard InChI is InChI=1S/C11H12ClF3N2O2/c1-8(5-12)19-9(18)4-10(6-16,7-17)2-3-11(13,14)15/h8H,2-5H2,1H3. The molecule has 0 spiro atoms. The Morgan fingerprint density at radius 3 is 2.21 bits per heavy atom. The molecule has 0 radical (unpaired) electrons. The summed E-state index contributed by atoms with van der Waals surface area (Å²) in [5, 5.41) is 17.7. The highest BCUT2D eigenvalue weighted by molar-refractivity contribution is 6.18. The number of halogens is 4. The maximum Gasteiger partial charge on any atom is 0.389 e. The van der Waals surface area contributed by atoms with Gasteiger partial charge in [0.25, 0.3) is 0 Å². The van der Waals surface area contributed by atoms with E-state index in [2.05, 4.69) is 0 Å². The minimum absolute atomic E-state index is 0.0143. The highest BCUT2D eigenvalue weighted by atomic mass is 35.5. The van der Waals surface area contributed by atoms with Crippen LogP contribution in [0.25, 0.3) is 0 Å². The van der Waals surface area contributed by atoms with Crippen molar-refractivity contribution in [3.8, 4) is 12.1 Å². The van der Waals surface area contributed by atoms with Crippen LogP contribution in [0.4, 0.5) is 13.2 Å². The zero-order valence-electron chi connectivity index (χ0n) is 10.1. The Balaban J connectivity index is 4.70. The third kappa shape index (κ3) is 6.88.